The van der Waals surface area contributed by atoms with Gasteiger partial charge in [0, 0.05) is 0 Å². The van der Waals surface area contributed by atoms with Crippen LogP contribution >= 0.6 is 20.1 Å². The average Bonchev–Trinajstić information content (AvgIpc) is 2.43. The Balaban J connectivity index is 0.787. The van der Waals surface area contributed by atoms with Gasteiger partial charge < -0.3 is 0 Å². The van der Waals surface area contributed by atoms with E-state index in [0.29, 0.717) is 0 Å². The van der Waals surface area contributed by atoms with Gasteiger partial charge >= 0.3 is 0 Å². The number of hydrogen-bond acceptors (Lipinski definition) is 0. The van der Waals surface area contributed by atoms with Crippen molar-refractivity contribution < 1.29 is 0 Å². The van der Waals surface area contributed by atoms with Gasteiger partial charge in [-0.2, -0.15) is 20.1 Å². The second kappa shape index (κ2) is 17.0. The summed E-state index contributed by atoms with van der Waals surface area (Å²) in [4.78, 5) is 6.28. The molecule has 1 atom stereocenters. The first-order chi connectivity index (χ1) is 39.7. The van der Waals surface area contributed by atoms with E-state index in [2.05, 4.69) is 280 Å². The van der Waals surface area contributed by atoms with Gasteiger partial charge in [-0.15, -0.1) is 0 Å². The highest BCUT2D eigenvalue weighted by Gasteiger charge is 2.55. The van der Waals surface area contributed by atoms with Crippen LogP contribution in [-0.4, -0.2) is 25.0 Å². The summed E-state index contributed by atoms with van der Waals surface area (Å²) in [6.45, 7) is 0. The molecule has 2 spiro atoms. The summed E-state index contributed by atoms with van der Waals surface area (Å²) in [5.74, 6) is 0. The van der Waals surface area contributed by atoms with E-state index in [1.165, 1.54) is 121 Å². The van der Waals surface area contributed by atoms with E-state index in [0.717, 1.165) is 25.7 Å². The van der Waals surface area contributed by atoms with Crippen LogP contribution in [0.25, 0.3) is 55.6 Å². The number of benzene rings is 10. The molecule has 0 fully saturated rings. The van der Waals surface area contributed by atoms with Crippen molar-refractivity contribution in [1.82, 2.24) is 0 Å². The van der Waals surface area contributed by atoms with Gasteiger partial charge in [-0.3, -0.25) is 0 Å². The average molecular weight is 1080 g/mol. The maximum atomic E-state index is 2.56. The van der Waals surface area contributed by atoms with Crippen LogP contribution in [0.4, 0.5) is 0 Å². The molecule has 2 heteroatoms. The number of fused-ring (bicyclic) bond motifs is 19. The summed E-state index contributed by atoms with van der Waals surface area (Å²) in [5.41, 5.74) is 28.8. The largest absolute Gasteiger partial charge is 0.197 e. The molecule has 7 aliphatic rings. The lowest BCUT2D eigenvalue weighted by molar-refractivity contribution is 0.673. The van der Waals surface area contributed by atoms with Crippen molar-refractivity contribution in [2.24, 2.45) is 0 Å². The van der Waals surface area contributed by atoms with Crippen molar-refractivity contribution >= 4 is 20.1 Å². The Kier molecular flexibility index (Phi) is 9.98. The highest BCUT2D eigenvalue weighted by atomic mass is 32.3. The minimum absolute atomic E-state index is 0.254. The summed E-state index contributed by atoms with van der Waals surface area (Å²) < 4.78 is 0. The highest BCUT2D eigenvalue weighted by Crippen LogP contribution is 2.74. The van der Waals surface area contributed by atoms with Gasteiger partial charge in [-0.05, 0) is 217 Å². The third kappa shape index (κ3) is 6.00. The predicted octanol–water partition coefficient (Wildman–Crippen LogP) is 20.1. The second-order valence-electron chi connectivity index (χ2n) is 24.3. The third-order valence-corrected chi connectivity index (χ3v) is 26.3. The minimum atomic E-state index is -1.24. The Hall–Kier alpha value is -8.14. The van der Waals surface area contributed by atoms with Gasteiger partial charge in [-0.1, -0.05) is 231 Å². The molecule has 0 bridgehead atoms. The van der Waals surface area contributed by atoms with Gasteiger partial charge in [0.05, 0.1) is 16.2 Å². The van der Waals surface area contributed by atoms with E-state index in [-0.39, 0.29) is 10.8 Å². The summed E-state index contributed by atoms with van der Waals surface area (Å²) in [6, 6.07) is 89.7. The molecule has 10 aromatic carbocycles. The smallest absolute Gasteiger partial charge is 0.0734 e. The van der Waals surface area contributed by atoms with E-state index in [1.54, 1.807) is 21.0 Å². The van der Waals surface area contributed by atoms with Crippen molar-refractivity contribution in [3.8, 4) is 55.6 Å². The van der Waals surface area contributed by atoms with Crippen LogP contribution < -0.4 is 0 Å². The highest BCUT2D eigenvalue weighted by molar-refractivity contribution is 8.39. The molecule has 390 valence electrons. The zero-order chi connectivity index (χ0) is 54.0. The molecule has 2 aliphatic heterocycles. The van der Waals surface area contributed by atoms with E-state index in [4.69, 9.17) is 0 Å². The van der Waals surface area contributed by atoms with E-state index in [1.807, 2.05) is 0 Å². The third-order valence-electron chi connectivity index (χ3n) is 20.3. The summed E-state index contributed by atoms with van der Waals surface area (Å²) in [6.07, 6.45) is 24.5. The molecular formula is C79H62S2. The quantitative estimate of drug-likeness (QED) is 0.165. The van der Waals surface area contributed by atoms with Crippen molar-refractivity contribution in [3.63, 3.8) is 0 Å². The van der Waals surface area contributed by atoms with Gasteiger partial charge in [0.25, 0.3) is 0 Å². The molecule has 0 saturated heterocycles. The van der Waals surface area contributed by atoms with Crippen molar-refractivity contribution in [3.05, 3.63) is 331 Å². The molecule has 0 N–H and O–H groups in total. The summed E-state index contributed by atoms with van der Waals surface area (Å²) in [7, 11) is -2.34. The Morgan fingerprint density at radius 3 is 1.21 bits per heavy atom. The lowest BCUT2D eigenvalue weighted by atomic mass is 9.63. The fourth-order valence-electron chi connectivity index (χ4n) is 17.0. The van der Waals surface area contributed by atoms with Crippen LogP contribution in [0.3, 0.4) is 0 Å². The molecule has 0 amide bonds. The van der Waals surface area contributed by atoms with E-state index in [9.17, 15) is 0 Å². The molecular weight excluding hydrogens is 1010 g/mol. The molecule has 17 rings (SSSR count). The van der Waals surface area contributed by atoms with E-state index < -0.39 is 25.5 Å². The lowest BCUT2D eigenvalue weighted by Gasteiger charge is -2.52. The topological polar surface area (TPSA) is 0 Å². The summed E-state index contributed by atoms with van der Waals surface area (Å²) >= 11 is 0. The van der Waals surface area contributed by atoms with Crippen molar-refractivity contribution in [1.29, 1.82) is 0 Å². The fourth-order valence-corrected chi connectivity index (χ4v) is 22.6. The van der Waals surface area contributed by atoms with Crippen LogP contribution in [0.15, 0.2) is 286 Å². The van der Waals surface area contributed by atoms with Gasteiger partial charge in [-0.25, -0.2) is 0 Å². The minimum Gasteiger partial charge on any atom is -0.197 e. The molecule has 1 unspecified atom stereocenters. The molecule has 2 heterocycles. The van der Waals surface area contributed by atoms with Crippen LogP contribution in [0, 0.1) is 0 Å². The van der Waals surface area contributed by atoms with Gasteiger partial charge in [0.1, 0.15) is 0 Å². The van der Waals surface area contributed by atoms with E-state index >= 15 is 0 Å². The van der Waals surface area contributed by atoms with Gasteiger partial charge in [0.2, 0.25) is 0 Å². The first kappa shape index (κ1) is 47.6. The van der Waals surface area contributed by atoms with Crippen LogP contribution in [-0.2, 0) is 16.2 Å². The molecule has 5 aliphatic carbocycles. The first-order valence-corrected chi connectivity index (χ1v) is 33.9. The fraction of sp³-hybridized carbons (Fsp3) is 0.139. The second-order valence-corrected chi connectivity index (χ2v) is 31.4. The molecule has 0 nitrogen and oxygen atoms in total. The maximum absolute atomic E-state index is 2.56. The molecule has 0 radical (unpaired) electrons. The predicted molar refractivity (Wildman–Crippen MR) is 344 cm³/mol. The van der Waals surface area contributed by atoms with Crippen LogP contribution in [0.2, 0.25) is 0 Å². The SMILES string of the molecule is CS1(C)C2=C(CCC=C2)C2(C3=C1CCC=C3)c1ccccc1-c1cc(-c3ccc(C4(c5ccc(-c6ccc7c(c6)-c6ccccc6C76c7ccccc7S(C)(C)c7ccccc76)cc5)c5ccccc5-c5ccccc54)cc3)ccc12. The monoisotopic (exact) mass is 1070 g/mol. The molecule has 0 saturated carbocycles. The van der Waals surface area contributed by atoms with Crippen LogP contribution in [0.1, 0.15) is 81.3 Å². The van der Waals surface area contributed by atoms with Gasteiger partial charge in [0.15, 0.2) is 0 Å². The Morgan fingerprint density at radius 2 is 0.691 bits per heavy atom. The Labute approximate surface area is 480 Å². The standard InChI is InChI=1S/C79H62S2/c1-80(2)73-33-17-13-29-69(73)78(70-30-14-18-34-74(70)80)65-27-11-7-23-59(65)61-49-53(41-47-67(61)78)51-37-43-55(44-38-51)77(63-25-9-5-21-57(63)58-22-6-10-26-64(58)77)56-45-39-52(40-46-56)54-42-48-68-62(50-54)60-24-8-12-28-66(60)79(68)71-31-15-19-35-75(71)81(3,4)76-36-20-16-32-72(76)79/h5-15,17-18,20-31,33-34,36-50H,16,19,32,35H2,1-4H3. The molecule has 10 aromatic rings. The first-order valence-electron chi connectivity index (χ1n) is 29.1. The Morgan fingerprint density at radius 1 is 0.309 bits per heavy atom. The number of allylic oxidation sites excluding steroid dienone is 7. The Bertz CT molecular complexity index is 4420. The lowest BCUT2D eigenvalue weighted by Crippen LogP contribution is -2.37. The molecule has 81 heavy (non-hydrogen) atoms. The molecule has 0 aromatic heterocycles. The zero-order valence-electron chi connectivity index (χ0n) is 46.4. The van der Waals surface area contributed by atoms with Crippen molar-refractivity contribution in [2.45, 2.75) is 51.7 Å². The van der Waals surface area contributed by atoms with Crippen molar-refractivity contribution in [2.75, 3.05) is 25.0 Å². The zero-order valence-corrected chi connectivity index (χ0v) is 48.0. The number of rotatable bonds is 4. The number of hydrogen-bond donors (Lipinski definition) is 0. The maximum Gasteiger partial charge on any atom is 0.0734 e. The summed E-state index contributed by atoms with van der Waals surface area (Å²) in [5, 5.41) is 0. The van der Waals surface area contributed by atoms with Crippen LogP contribution in [0.5, 0.6) is 0 Å². The normalized spacial score (nSPS) is 20.4.